The number of thiophene rings is 1. The molecule has 0 aliphatic rings. The summed E-state index contributed by atoms with van der Waals surface area (Å²) >= 11 is 1.86. The topological polar surface area (TPSA) is 31.2 Å². The first-order valence-electron chi connectivity index (χ1n) is 15.5. The van der Waals surface area contributed by atoms with Crippen LogP contribution < -0.4 is 0 Å². The molecule has 4 aromatic heterocycles. The number of rotatable bonds is 2. The van der Waals surface area contributed by atoms with Crippen molar-refractivity contribution in [1.29, 1.82) is 0 Å². The van der Waals surface area contributed by atoms with Crippen molar-refractivity contribution >= 4 is 97.2 Å². The molecule has 4 heterocycles. The van der Waals surface area contributed by atoms with E-state index in [-0.39, 0.29) is 0 Å². The number of nitrogens with zero attached hydrogens (tertiary/aromatic N) is 1. The van der Waals surface area contributed by atoms with Gasteiger partial charge < -0.3 is 13.4 Å². The van der Waals surface area contributed by atoms with Crippen molar-refractivity contribution in [3.63, 3.8) is 0 Å². The fraction of sp³-hybridized carbons (Fsp3) is 0. The van der Waals surface area contributed by atoms with Gasteiger partial charge in [-0.1, -0.05) is 84.9 Å². The number of fused-ring (bicyclic) bond motifs is 12. The second kappa shape index (κ2) is 8.87. The Hall–Kier alpha value is -5.84. The van der Waals surface area contributed by atoms with Crippen LogP contribution in [0.1, 0.15) is 0 Å². The van der Waals surface area contributed by atoms with Crippen molar-refractivity contribution in [2.75, 3.05) is 0 Å². The Labute approximate surface area is 266 Å². The van der Waals surface area contributed by atoms with Crippen LogP contribution >= 0.6 is 11.3 Å². The highest BCUT2D eigenvalue weighted by atomic mass is 32.1. The minimum atomic E-state index is 0.906. The molecule has 0 saturated carbocycles. The van der Waals surface area contributed by atoms with Crippen LogP contribution in [-0.2, 0) is 0 Å². The van der Waals surface area contributed by atoms with E-state index in [1.165, 1.54) is 47.7 Å². The first-order chi connectivity index (χ1) is 22.8. The van der Waals surface area contributed by atoms with Gasteiger partial charge in [-0.15, -0.1) is 11.3 Å². The lowest BCUT2D eigenvalue weighted by atomic mass is 10.0. The summed E-state index contributed by atoms with van der Waals surface area (Å²) in [5.74, 6) is 0. The second-order valence-corrected chi connectivity index (χ2v) is 13.1. The van der Waals surface area contributed by atoms with E-state index in [0.29, 0.717) is 0 Å². The molecule has 46 heavy (non-hydrogen) atoms. The van der Waals surface area contributed by atoms with Gasteiger partial charge >= 0.3 is 0 Å². The van der Waals surface area contributed by atoms with Crippen LogP contribution in [0.4, 0.5) is 0 Å². The minimum Gasteiger partial charge on any atom is -0.456 e. The van der Waals surface area contributed by atoms with E-state index < -0.39 is 0 Å². The van der Waals surface area contributed by atoms with E-state index in [0.717, 1.165) is 55.0 Å². The van der Waals surface area contributed by atoms with E-state index in [1.807, 2.05) is 35.6 Å². The summed E-state index contributed by atoms with van der Waals surface area (Å²) in [6, 6.07) is 49.9. The van der Waals surface area contributed by atoms with Gasteiger partial charge in [0.25, 0.3) is 0 Å². The summed E-state index contributed by atoms with van der Waals surface area (Å²) in [7, 11) is 0. The van der Waals surface area contributed by atoms with Crippen LogP contribution in [0.5, 0.6) is 0 Å². The summed E-state index contributed by atoms with van der Waals surface area (Å²) in [5.41, 5.74) is 9.55. The molecule has 4 heteroatoms. The van der Waals surface area contributed by atoms with E-state index in [1.54, 1.807) is 0 Å². The van der Waals surface area contributed by atoms with Gasteiger partial charge in [-0.05, 0) is 59.7 Å². The molecule has 0 bridgehead atoms. The average molecular weight is 606 g/mol. The van der Waals surface area contributed by atoms with Gasteiger partial charge in [-0.25, -0.2) is 0 Å². The van der Waals surface area contributed by atoms with E-state index in [4.69, 9.17) is 8.83 Å². The van der Waals surface area contributed by atoms with Crippen molar-refractivity contribution in [3.05, 3.63) is 140 Å². The van der Waals surface area contributed by atoms with Gasteiger partial charge in [0.1, 0.15) is 22.3 Å². The summed E-state index contributed by atoms with van der Waals surface area (Å²) in [4.78, 5) is 0. The smallest absolute Gasteiger partial charge is 0.137 e. The monoisotopic (exact) mass is 605 g/mol. The first-order valence-corrected chi connectivity index (χ1v) is 16.3. The van der Waals surface area contributed by atoms with Gasteiger partial charge in [-0.2, -0.15) is 0 Å². The first kappa shape index (κ1) is 24.5. The molecular weight excluding hydrogens is 583 g/mol. The number of benzene rings is 7. The maximum absolute atomic E-state index is 6.39. The second-order valence-electron chi connectivity index (χ2n) is 12.1. The Bertz CT molecular complexity index is 3040. The standard InChI is InChI=1S/C42H23NO2S/c1-4-14-33-26(9-1)31-22-32-28-11-3-6-17-37(28)45-39(32)23-35(31)43(33)34-15-8-18-40-41(34)30-13-7-12-25(42(30)46-40)24-19-20-29-27-10-2-5-16-36(27)44-38(29)21-24/h1-23H. The number of aromatic nitrogens is 1. The molecule has 0 N–H and O–H groups in total. The van der Waals surface area contributed by atoms with Gasteiger partial charge in [0, 0.05) is 58.6 Å². The fourth-order valence-electron chi connectivity index (χ4n) is 7.58. The third-order valence-electron chi connectivity index (χ3n) is 9.60. The van der Waals surface area contributed by atoms with Crippen molar-refractivity contribution in [3.8, 4) is 16.8 Å². The Morgan fingerprint density at radius 1 is 0.435 bits per heavy atom. The molecule has 0 fully saturated rings. The SMILES string of the molecule is c1ccc2c(c1)oc1cc(-c3cccc4c3sc3cccc(-n5c6ccccc6c6cc7c(cc65)oc5ccccc57)c34)ccc12. The van der Waals surface area contributed by atoms with Gasteiger partial charge in [0.05, 0.1) is 16.7 Å². The lowest BCUT2D eigenvalue weighted by molar-refractivity contribution is 0.669. The molecule has 0 spiro atoms. The summed E-state index contributed by atoms with van der Waals surface area (Å²) in [6.45, 7) is 0. The van der Waals surface area contributed by atoms with E-state index in [2.05, 4.69) is 120 Å². The van der Waals surface area contributed by atoms with Crippen molar-refractivity contribution in [2.45, 2.75) is 0 Å². The van der Waals surface area contributed by atoms with Crippen LogP contribution in [0.2, 0.25) is 0 Å². The molecule has 0 unspecified atom stereocenters. The van der Waals surface area contributed by atoms with Gasteiger partial charge in [-0.3, -0.25) is 0 Å². The Balaban J connectivity index is 1.20. The van der Waals surface area contributed by atoms with Crippen molar-refractivity contribution in [2.24, 2.45) is 0 Å². The van der Waals surface area contributed by atoms with Crippen LogP contribution in [0.3, 0.4) is 0 Å². The van der Waals surface area contributed by atoms with Gasteiger partial charge in [0.15, 0.2) is 0 Å². The summed E-state index contributed by atoms with van der Waals surface area (Å²) in [6.07, 6.45) is 0. The van der Waals surface area contributed by atoms with E-state index >= 15 is 0 Å². The molecule has 0 aliphatic carbocycles. The predicted octanol–water partition coefficient (Wildman–Crippen LogP) is 12.6. The zero-order valence-corrected chi connectivity index (χ0v) is 25.3. The molecule has 0 aliphatic heterocycles. The zero-order chi connectivity index (χ0) is 29.9. The molecule has 0 atom stereocenters. The van der Waals surface area contributed by atoms with Crippen LogP contribution in [0.15, 0.2) is 148 Å². The third kappa shape index (κ3) is 3.21. The average Bonchev–Trinajstić information content (AvgIpc) is 3.85. The molecule has 214 valence electrons. The molecular formula is C42H23NO2S. The highest BCUT2D eigenvalue weighted by molar-refractivity contribution is 7.26. The summed E-state index contributed by atoms with van der Waals surface area (Å²) < 4.78 is 17.6. The third-order valence-corrected chi connectivity index (χ3v) is 10.8. The maximum Gasteiger partial charge on any atom is 0.137 e. The minimum absolute atomic E-state index is 0.906. The Morgan fingerprint density at radius 3 is 1.96 bits per heavy atom. The van der Waals surface area contributed by atoms with Crippen LogP contribution in [0, 0.1) is 0 Å². The number of hydrogen-bond acceptors (Lipinski definition) is 3. The maximum atomic E-state index is 6.39. The Kier molecular flexibility index (Phi) is 4.72. The quantitative estimate of drug-likeness (QED) is 0.196. The molecule has 0 saturated heterocycles. The molecule has 11 rings (SSSR count). The highest BCUT2D eigenvalue weighted by Gasteiger charge is 2.20. The zero-order valence-electron chi connectivity index (χ0n) is 24.5. The van der Waals surface area contributed by atoms with Crippen molar-refractivity contribution in [1.82, 2.24) is 4.57 Å². The molecule has 0 amide bonds. The molecule has 7 aromatic carbocycles. The summed E-state index contributed by atoms with van der Waals surface area (Å²) in [5, 5.41) is 9.59. The number of para-hydroxylation sites is 3. The lowest BCUT2D eigenvalue weighted by Gasteiger charge is -2.10. The number of hydrogen-bond donors (Lipinski definition) is 0. The highest BCUT2D eigenvalue weighted by Crippen LogP contribution is 2.45. The van der Waals surface area contributed by atoms with Crippen LogP contribution in [0.25, 0.3) is 103 Å². The molecule has 3 nitrogen and oxygen atoms in total. The van der Waals surface area contributed by atoms with E-state index in [9.17, 15) is 0 Å². The lowest BCUT2D eigenvalue weighted by Crippen LogP contribution is -1.94. The number of furan rings is 2. The van der Waals surface area contributed by atoms with Gasteiger partial charge in [0.2, 0.25) is 0 Å². The largest absolute Gasteiger partial charge is 0.456 e. The molecule has 11 aromatic rings. The van der Waals surface area contributed by atoms with Crippen molar-refractivity contribution < 1.29 is 8.83 Å². The van der Waals surface area contributed by atoms with Crippen LogP contribution in [-0.4, -0.2) is 4.57 Å². The Morgan fingerprint density at radius 2 is 1.11 bits per heavy atom. The fourth-order valence-corrected chi connectivity index (χ4v) is 8.84. The molecule has 0 radical (unpaired) electrons. The normalized spacial score (nSPS) is 12.3. The predicted molar refractivity (Wildman–Crippen MR) is 194 cm³/mol.